The van der Waals surface area contributed by atoms with E-state index in [1.807, 2.05) is 0 Å². The predicted octanol–water partition coefficient (Wildman–Crippen LogP) is 12.1. The van der Waals surface area contributed by atoms with Gasteiger partial charge >= 0.3 is 0 Å². The zero-order valence-corrected chi connectivity index (χ0v) is 37.3. The zero-order chi connectivity index (χ0) is 45.4. The van der Waals surface area contributed by atoms with Gasteiger partial charge in [-0.3, -0.25) is 28.8 Å². The molecule has 14 nitrogen and oxygen atoms in total. The predicted molar refractivity (Wildman–Crippen MR) is 243 cm³/mol. The van der Waals surface area contributed by atoms with Gasteiger partial charge in [0, 0.05) is 21.4 Å². The molecule has 4 N–H and O–H groups in total. The molecule has 0 aliphatic rings. The molecule has 0 saturated carbocycles. The molecule has 2 unspecified atom stereocenters. The van der Waals surface area contributed by atoms with E-state index >= 15 is 0 Å². The fourth-order valence-corrected chi connectivity index (χ4v) is 7.03. The second-order valence-electron chi connectivity index (χ2n) is 13.4. The molecule has 5 rings (SSSR count). The summed E-state index contributed by atoms with van der Waals surface area (Å²) in [5, 5.41) is 27.5. The molecule has 0 bridgehead atoms. The van der Waals surface area contributed by atoms with Crippen LogP contribution in [0.15, 0.2) is 105 Å². The molecule has 62 heavy (non-hydrogen) atoms. The molecule has 0 fully saturated rings. The quantitative estimate of drug-likeness (QED) is 0.0630. The molecule has 318 valence electrons. The Balaban J connectivity index is 1.27. The SMILES string of the molecule is CC(=O)C(N=Nc1cccc(C(=O)Nc2ccc(Cl)cc2Cl)c1Cl)C(=O)Nc1cc(C)c(NC(=O)C(N=Nc2cccc(C(=O)Nc3ccc(Cl)cc3Cl)c2Cl)C(C)=O)c(C)c1. The first kappa shape index (κ1) is 47.3. The van der Waals surface area contributed by atoms with Gasteiger partial charge in [-0.1, -0.05) is 81.7 Å². The number of aryl methyl sites for hydroxylation is 2. The number of anilines is 4. The van der Waals surface area contributed by atoms with E-state index in [1.54, 1.807) is 26.0 Å². The van der Waals surface area contributed by atoms with E-state index in [1.165, 1.54) is 72.8 Å². The lowest BCUT2D eigenvalue weighted by molar-refractivity contribution is -0.127. The number of Topliss-reactive ketones (excluding diaryl/α,β-unsaturated/α-hetero) is 2. The van der Waals surface area contributed by atoms with Gasteiger partial charge in [0.2, 0.25) is 12.1 Å². The molecule has 0 aliphatic carbocycles. The minimum absolute atomic E-state index is 0.00996. The first-order valence-electron chi connectivity index (χ1n) is 18.0. The highest BCUT2D eigenvalue weighted by Crippen LogP contribution is 2.34. The van der Waals surface area contributed by atoms with E-state index in [2.05, 4.69) is 41.7 Å². The topological polar surface area (TPSA) is 200 Å². The van der Waals surface area contributed by atoms with Gasteiger partial charge in [0.25, 0.3) is 23.6 Å². The lowest BCUT2D eigenvalue weighted by atomic mass is 10.1. The fraction of sp³-hybridized carbons (Fsp3) is 0.143. The Bertz CT molecular complexity index is 2690. The Labute approximate surface area is 384 Å². The lowest BCUT2D eigenvalue weighted by Gasteiger charge is -2.17. The van der Waals surface area contributed by atoms with Crippen LogP contribution in [-0.2, 0) is 19.2 Å². The van der Waals surface area contributed by atoms with Crippen molar-refractivity contribution < 1.29 is 28.8 Å². The Morgan fingerprint density at radius 3 is 1.31 bits per heavy atom. The number of rotatable bonds is 14. The van der Waals surface area contributed by atoms with Gasteiger partial charge in [0.15, 0.2) is 11.6 Å². The summed E-state index contributed by atoms with van der Waals surface area (Å²) in [5.74, 6) is -4.16. The van der Waals surface area contributed by atoms with Gasteiger partial charge in [-0.25, -0.2) is 0 Å². The van der Waals surface area contributed by atoms with Gasteiger partial charge in [-0.15, -0.1) is 0 Å². The third kappa shape index (κ3) is 11.8. The van der Waals surface area contributed by atoms with Crippen LogP contribution >= 0.6 is 69.6 Å². The summed E-state index contributed by atoms with van der Waals surface area (Å²) in [6.45, 7) is 5.60. The second-order valence-corrected chi connectivity index (χ2v) is 15.8. The molecule has 20 heteroatoms. The van der Waals surface area contributed by atoms with Crippen LogP contribution in [0.5, 0.6) is 0 Å². The summed E-state index contributed by atoms with van der Waals surface area (Å²) in [7, 11) is 0. The summed E-state index contributed by atoms with van der Waals surface area (Å²) in [6, 6.07) is 17.7. The number of nitrogens with zero attached hydrogens (tertiary/aromatic N) is 4. The van der Waals surface area contributed by atoms with Gasteiger partial charge in [0.05, 0.1) is 42.6 Å². The minimum Gasteiger partial charge on any atom is -0.324 e. The van der Waals surface area contributed by atoms with Crippen molar-refractivity contribution in [2.75, 3.05) is 21.3 Å². The Morgan fingerprint density at radius 1 is 0.516 bits per heavy atom. The number of carbonyl (C=O) groups excluding carboxylic acids is 6. The van der Waals surface area contributed by atoms with Crippen LogP contribution in [-0.4, -0.2) is 47.3 Å². The van der Waals surface area contributed by atoms with Gasteiger partial charge in [-0.2, -0.15) is 20.5 Å². The number of carbonyl (C=O) groups is 6. The molecule has 4 amide bonds. The first-order valence-corrected chi connectivity index (χ1v) is 20.3. The molecule has 0 radical (unpaired) electrons. The van der Waals surface area contributed by atoms with Crippen molar-refractivity contribution in [3.8, 4) is 0 Å². The number of amides is 4. The van der Waals surface area contributed by atoms with E-state index in [4.69, 9.17) is 69.6 Å². The number of hydrogen-bond acceptors (Lipinski definition) is 10. The molecule has 2 atom stereocenters. The molecule has 0 saturated heterocycles. The van der Waals surface area contributed by atoms with Gasteiger partial charge in [-0.05, 0) is 112 Å². The Morgan fingerprint density at radius 2 is 0.919 bits per heavy atom. The van der Waals surface area contributed by atoms with E-state index in [-0.39, 0.29) is 59.7 Å². The number of benzene rings is 5. The van der Waals surface area contributed by atoms with E-state index in [0.717, 1.165) is 13.8 Å². The lowest BCUT2D eigenvalue weighted by Crippen LogP contribution is -2.33. The van der Waals surface area contributed by atoms with Crippen LogP contribution in [0.3, 0.4) is 0 Å². The number of azo groups is 2. The van der Waals surface area contributed by atoms with Crippen molar-refractivity contribution in [2.45, 2.75) is 39.8 Å². The standard InChI is InChI=1S/C42H32Cl6N8O6/c1-19-15-25(49-41(61)37(21(3)57)55-53-32-9-5-7-26(34(32)47)39(59)50-30-13-11-23(43)17-28(30)45)16-20(2)36(19)52-42(62)38(22(4)58)56-54-33-10-6-8-27(35(33)48)40(60)51-31-14-12-24(44)18-29(31)46/h5-18,37-38H,1-4H3,(H,49,61)(H,50,59)(H,51,60)(H,52,62). The summed E-state index contributed by atoms with van der Waals surface area (Å²) >= 11 is 37.2. The van der Waals surface area contributed by atoms with Crippen molar-refractivity contribution in [1.82, 2.24) is 0 Å². The van der Waals surface area contributed by atoms with Crippen molar-refractivity contribution in [2.24, 2.45) is 20.5 Å². The molecular formula is C42H32Cl6N8O6. The highest BCUT2D eigenvalue weighted by Gasteiger charge is 2.27. The zero-order valence-electron chi connectivity index (χ0n) is 32.7. The molecule has 0 aromatic heterocycles. The van der Waals surface area contributed by atoms with E-state index in [9.17, 15) is 28.8 Å². The number of halogens is 6. The van der Waals surface area contributed by atoms with Crippen LogP contribution in [0.4, 0.5) is 34.1 Å². The Hall–Kier alpha value is -5.74. The highest BCUT2D eigenvalue weighted by atomic mass is 35.5. The minimum atomic E-state index is -1.61. The number of ketones is 2. The average molecular weight is 957 g/mol. The third-order valence-corrected chi connectivity index (χ3v) is 10.6. The van der Waals surface area contributed by atoms with Gasteiger partial charge in [0.1, 0.15) is 11.4 Å². The molecular weight excluding hydrogens is 925 g/mol. The summed E-state index contributed by atoms with van der Waals surface area (Å²) in [4.78, 5) is 78.0. The van der Waals surface area contributed by atoms with Crippen LogP contribution in [0, 0.1) is 13.8 Å². The van der Waals surface area contributed by atoms with Gasteiger partial charge < -0.3 is 21.3 Å². The maximum atomic E-state index is 13.4. The van der Waals surface area contributed by atoms with Crippen molar-refractivity contribution in [1.29, 1.82) is 0 Å². The fourth-order valence-electron chi connectivity index (χ4n) is 5.62. The summed E-state index contributed by atoms with van der Waals surface area (Å²) in [5.41, 5.74) is 2.14. The second kappa shape index (κ2) is 20.9. The van der Waals surface area contributed by atoms with Crippen LogP contribution < -0.4 is 21.3 Å². The van der Waals surface area contributed by atoms with Crippen LogP contribution in [0.1, 0.15) is 45.7 Å². The maximum absolute atomic E-state index is 13.4. The highest BCUT2D eigenvalue weighted by molar-refractivity contribution is 6.39. The monoisotopic (exact) mass is 954 g/mol. The van der Waals surface area contributed by atoms with Crippen LogP contribution in [0.25, 0.3) is 0 Å². The number of nitrogens with one attached hydrogen (secondary N) is 4. The molecule has 0 aliphatic heterocycles. The maximum Gasteiger partial charge on any atom is 0.258 e. The average Bonchev–Trinajstić information content (AvgIpc) is 3.19. The molecule has 0 spiro atoms. The molecule has 5 aromatic carbocycles. The van der Waals surface area contributed by atoms with E-state index < -0.39 is 47.3 Å². The summed E-state index contributed by atoms with van der Waals surface area (Å²) in [6.07, 6.45) is 0. The number of hydrogen-bond donors (Lipinski definition) is 4. The first-order chi connectivity index (χ1) is 29.3. The van der Waals surface area contributed by atoms with Crippen molar-refractivity contribution in [3.63, 3.8) is 0 Å². The smallest absolute Gasteiger partial charge is 0.258 e. The largest absolute Gasteiger partial charge is 0.324 e. The summed E-state index contributed by atoms with van der Waals surface area (Å²) < 4.78 is 0. The normalized spacial score (nSPS) is 12.2. The van der Waals surface area contributed by atoms with Crippen molar-refractivity contribution in [3.05, 3.63) is 137 Å². The molecule has 0 heterocycles. The van der Waals surface area contributed by atoms with Crippen LogP contribution in [0.2, 0.25) is 30.1 Å². The Kier molecular flexibility index (Phi) is 15.9. The van der Waals surface area contributed by atoms with Crippen molar-refractivity contribution >= 4 is 139 Å². The van der Waals surface area contributed by atoms with E-state index in [0.29, 0.717) is 26.9 Å². The third-order valence-electron chi connectivity index (χ3n) is 8.68. The molecule has 5 aromatic rings.